The van der Waals surface area contributed by atoms with Crippen molar-refractivity contribution in [3.05, 3.63) is 47.3 Å². The Morgan fingerprint density at radius 1 is 1.27 bits per heavy atom. The van der Waals surface area contributed by atoms with Gasteiger partial charge in [0.15, 0.2) is 0 Å². The molecule has 5 heteroatoms. The van der Waals surface area contributed by atoms with E-state index in [2.05, 4.69) is 45.1 Å². The minimum Gasteiger partial charge on any atom is -1.00 e. The van der Waals surface area contributed by atoms with Crippen LogP contribution in [0.4, 0.5) is 0 Å². The van der Waals surface area contributed by atoms with Gasteiger partial charge in [-0.25, -0.2) is 6.08 Å². The fraction of sp³-hybridized carbons (Fsp3) is 0.529. The minimum atomic E-state index is -0.633. The van der Waals surface area contributed by atoms with Crippen LogP contribution in [0, 0.1) is 6.08 Å². The quantitative estimate of drug-likeness (QED) is 0.242. The summed E-state index contributed by atoms with van der Waals surface area (Å²) in [5.41, 5.74) is 2.41. The second kappa shape index (κ2) is 11.5. The fourth-order valence-corrected chi connectivity index (χ4v) is 2.30. The third-order valence-corrected chi connectivity index (χ3v) is 3.51. The Hall–Kier alpha value is 0.0143. The molecule has 0 aromatic heterocycles. The van der Waals surface area contributed by atoms with E-state index < -0.39 is 5.79 Å². The van der Waals surface area contributed by atoms with Gasteiger partial charge in [-0.1, -0.05) is 31.1 Å². The van der Waals surface area contributed by atoms with Crippen LogP contribution in [-0.2, 0) is 31.2 Å². The Morgan fingerprint density at radius 2 is 2.00 bits per heavy atom. The summed E-state index contributed by atoms with van der Waals surface area (Å²) in [5.74, 6) is 0.170. The van der Waals surface area contributed by atoms with Crippen LogP contribution < -0.4 is 24.8 Å². The first-order valence-electron chi connectivity index (χ1n) is 7.12. The molecule has 1 atom stereocenters. The first-order chi connectivity index (χ1) is 9.16. The SMILES string of the molecule is CCCCOC1(OC2=[C-]CC=C2)CC=C(C)C=C1C.[Cl-].[Cl-].[Ti+3]. The molecule has 121 valence electrons. The monoisotopic (exact) mass is 377 g/mol. The maximum absolute atomic E-state index is 6.13. The normalized spacial score (nSPS) is 22.4. The van der Waals surface area contributed by atoms with Crippen molar-refractivity contribution in [2.45, 2.75) is 52.2 Å². The molecule has 22 heavy (non-hydrogen) atoms. The van der Waals surface area contributed by atoms with Gasteiger partial charge in [-0.15, -0.1) is 6.42 Å². The number of ether oxygens (including phenoxy) is 2. The van der Waals surface area contributed by atoms with E-state index in [0.717, 1.165) is 43.6 Å². The van der Waals surface area contributed by atoms with E-state index in [9.17, 15) is 0 Å². The van der Waals surface area contributed by atoms with E-state index in [1.54, 1.807) is 0 Å². The van der Waals surface area contributed by atoms with Crippen molar-refractivity contribution in [1.82, 2.24) is 0 Å². The van der Waals surface area contributed by atoms with Crippen molar-refractivity contribution in [1.29, 1.82) is 0 Å². The van der Waals surface area contributed by atoms with Crippen LogP contribution in [0.15, 0.2) is 41.2 Å². The van der Waals surface area contributed by atoms with Gasteiger partial charge in [-0.2, -0.15) is 12.2 Å². The van der Waals surface area contributed by atoms with Crippen molar-refractivity contribution in [3.8, 4) is 0 Å². The molecule has 0 N–H and O–H groups in total. The van der Waals surface area contributed by atoms with Gasteiger partial charge in [-0.3, -0.25) is 0 Å². The molecule has 0 saturated carbocycles. The summed E-state index contributed by atoms with van der Waals surface area (Å²) in [4.78, 5) is 0. The molecule has 2 nitrogen and oxygen atoms in total. The standard InChI is InChI=1S/C17H23O2.2ClH.Ti/c1-4-5-12-18-17(19-16-8-6-7-9-16)11-10-14(2)13-15(17)3;;;/h6,8,10,13H,4-5,7,11-12H2,1-3H3;2*1H;/q-1;;;+3/p-2. The van der Waals surface area contributed by atoms with E-state index >= 15 is 0 Å². The van der Waals surface area contributed by atoms with Crippen LogP contribution in [-0.4, -0.2) is 12.4 Å². The van der Waals surface area contributed by atoms with E-state index in [1.807, 2.05) is 6.08 Å². The molecular formula is C17H23Cl2O2Ti. The molecule has 0 bridgehead atoms. The van der Waals surface area contributed by atoms with Gasteiger partial charge in [-0.05, 0) is 31.6 Å². The largest absolute Gasteiger partial charge is 3.00 e. The molecule has 0 fully saturated rings. The summed E-state index contributed by atoms with van der Waals surface area (Å²) in [6.45, 7) is 7.09. The summed E-state index contributed by atoms with van der Waals surface area (Å²) in [5, 5.41) is 0. The summed E-state index contributed by atoms with van der Waals surface area (Å²) in [7, 11) is 0. The van der Waals surface area contributed by atoms with Crippen molar-refractivity contribution in [3.63, 3.8) is 0 Å². The smallest absolute Gasteiger partial charge is 1.00 e. The Bertz CT molecular complexity index is 456. The van der Waals surface area contributed by atoms with Gasteiger partial charge < -0.3 is 34.3 Å². The molecule has 0 amide bonds. The molecule has 0 heterocycles. The molecule has 0 saturated heterocycles. The molecule has 0 spiro atoms. The number of hydrogen-bond acceptors (Lipinski definition) is 2. The predicted octanol–water partition coefficient (Wildman–Crippen LogP) is -1.54. The molecular weight excluding hydrogens is 355 g/mol. The number of allylic oxidation sites excluding steroid dienone is 5. The van der Waals surface area contributed by atoms with E-state index in [4.69, 9.17) is 9.47 Å². The van der Waals surface area contributed by atoms with Gasteiger partial charge in [0.05, 0.1) is 6.61 Å². The van der Waals surface area contributed by atoms with Crippen LogP contribution >= 0.6 is 0 Å². The van der Waals surface area contributed by atoms with Gasteiger partial charge in [0.1, 0.15) is 0 Å². The molecule has 2 aliphatic rings. The van der Waals surface area contributed by atoms with Gasteiger partial charge >= 0.3 is 21.7 Å². The van der Waals surface area contributed by atoms with E-state index in [0.29, 0.717) is 0 Å². The van der Waals surface area contributed by atoms with E-state index in [-0.39, 0.29) is 46.5 Å². The third-order valence-electron chi connectivity index (χ3n) is 3.51. The first-order valence-corrected chi connectivity index (χ1v) is 7.12. The Labute approximate surface area is 161 Å². The summed E-state index contributed by atoms with van der Waals surface area (Å²) < 4.78 is 12.2. The molecule has 0 aromatic rings. The van der Waals surface area contributed by atoms with Crippen molar-refractivity contribution >= 4 is 0 Å². The van der Waals surface area contributed by atoms with Gasteiger partial charge in [0.25, 0.3) is 0 Å². The Morgan fingerprint density at radius 3 is 2.55 bits per heavy atom. The summed E-state index contributed by atoms with van der Waals surface area (Å²) in [6, 6.07) is 0. The number of hydrogen-bond donors (Lipinski definition) is 0. The molecule has 2 aliphatic carbocycles. The van der Waals surface area contributed by atoms with Gasteiger partial charge in [0.2, 0.25) is 5.79 Å². The minimum absolute atomic E-state index is 0. The van der Waals surface area contributed by atoms with Crippen LogP contribution in [0.5, 0.6) is 0 Å². The van der Waals surface area contributed by atoms with Crippen LogP contribution in [0.1, 0.15) is 46.5 Å². The van der Waals surface area contributed by atoms with Gasteiger partial charge in [0, 0.05) is 6.42 Å². The van der Waals surface area contributed by atoms with Crippen molar-refractivity contribution < 1.29 is 56.0 Å². The second-order valence-electron chi connectivity index (χ2n) is 5.18. The molecule has 1 unspecified atom stereocenters. The third kappa shape index (κ3) is 6.25. The Kier molecular flexibility index (Phi) is 12.7. The maximum atomic E-state index is 6.13. The molecule has 2 rings (SSSR count). The molecule has 0 aromatic carbocycles. The first kappa shape index (κ1) is 24.3. The Balaban J connectivity index is 0. The average molecular weight is 378 g/mol. The summed E-state index contributed by atoms with van der Waals surface area (Å²) >= 11 is 0. The number of rotatable bonds is 6. The zero-order valence-corrected chi connectivity index (χ0v) is 16.5. The van der Waals surface area contributed by atoms with E-state index in [1.165, 1.54) is 5.57 Å². The van der Waals surface area contributed by atoms with Crippen LogP contribution in [0.3, 0.4) is 0 Å². The summed E-state index contributed by atoms with van der Waals surface area (Å²) in [6.07, 6.45) is 15.3. The number of halogens is 2. The second-order valence-corrected chi connectivity index (χ2v) is 5.18. The molecule has 0 aliphatic heterocycles. The topological polar surface area (TPSA) is 18.5 Å². The number of unbranched alkanes of at least 4 members (excludes halogenated alkanes) is 1. The average Bonchev–Trinajstić information content (AvgIpc) is 2.87. The zero-order chi connectivity index (χ0) is 13.7. The fourth-order valence-electron chi connectivity index (χ4n) is 2.30. The zero-order valence-electron chi connectivity index (χ0n) is 13.4. The predicted molar refractivity (Wildman–Crippen MR) is 77.3 cm³/mol. The van der Waals surface area contributed by atoms with Crippen molar-refractivity contribution in [2.75, 3.05) is 6.61 Å². The maximum Gasteiger partial charge on any atom is 3.00 e. The van der Waals surface area contributed by atoms with Crippen LogP contribution in [0.25, 0.3) is 0 Å². The van der Waals surface area contributed by atoms with Crippen LogP contribution in [0.2, 0.25) is 0 Å². The van der Waals surface area contributed by atoms with Crippen molar-refractivity contribution in [2.24, 2.45) is 0 Å². The molecule has 1 radical (unpaired) electrons.